The van der Waals surface area contributed by atoms with Gasteiger partial charge >= 0.3 is 11.8 Å². The van der Waals surface area contributed by atoms with Crippen molar-refractivity contribution in [2.45, 2.75) is 6.54 Å². The number of rotatable bonds is 2. The lowest BCUT2D eigenvalue weighted by Crippen LogP contribution is -2.51. The van der Waals surface area contributed by atoms with Gasteiger partial charge in [-0.3, -0.25) is 9.59 Å². The molecule has 7 heteroatoms. The Labute approximate surface area is 118 Å². The van der Waals surface area contributed by atoms with E-state index in [0.717, 1.165) is 21.8 Å². The van der Waals surface area contributed by atoms with Crippen LogP contribution in [-0.4, -0.2) is 42.9 Å². The number of hydrogen-bond donors (Lipinski definition) is 2. The summed E-state index contributed by atoms with van der Waals surface area (Å²) >= 11 is 4.90. The zero-order valence-corrected chi connectivity index (χ0v) is 12.1. The summed E-state index contributed by atoms with van der Waals surface area (Å²) in [5.74, 6) is -0.964. The lowest BCUT2D eigenvalue weighted by atomic mass is 10.3. The van der Waals surface area contributed by atoms with Crippen LogP contribution < -0.4 is 10.6 Å². The van der Waals surface area contributed by atoms with E-state index in [1.54, 1.807) is 16.2 Å². The van der Waals surface area contributed by atoms with E-state index in [1.807, 2.05) is 12.1 Å². The summed E-state index contributed by atoms with van der Waals surface area (Å²) in [4.78, 5) is 26.1. The molecule has 2 heterocycles. The minimum absolute atomic E-state index is 0.396. The van der Waals surface area contributed by atoms with Crippen LogP contribution in [0.15, 0.2) is 15.9 Å². The molecule has 98 valence electrons. The number of carbonyl (C=O) groups excluding carboxylic acids is 2. The predicted molar refractivity (Wildman–Crippen MR) is 73.3 cm³/mol. The first-order valence-electron chi connectivity index (χ1n) is 5.69. The highest BCUT2D eigenvalue weighted by Crippen LogP contribution is 2.21. The Bertz CT molecular complexity index is 443. The molecule has 2 amide bonds. The average molecular weight is 332 g/mol. The largest absolute Gasteiger partial charge is 0.343 e. The first kappa shape index (κ1) is 13.5. The molecular formula is C11H14BrN3O2S. The number of halogens is 1. The maximum Gasteiger partial charge on any atom is 0.311 e. The molecule has 1 saturated heterocycles. The molecular weight excluding hydrogens is 318 g/mol. The van der Waals surface area contributed by atoms with Crippen LogP contribution in [0.25, 0.3) is 0 Å². The molecule has 1 aliphatic rings. The van der Waals surface area contributed by atoms with E-state index >= 15 is 0 Å². The summed E-state index contributed by atoms with van der Waals surface area (Å²) < 4.78 is 1.01. The SMILES string of the molecule is O=C(NCc1ccc(Br)s1)C(=O)N1CCNCC1. The zero-order valence-electron chi connectivity index (χ0n) is 9.74. The Morgan fingerprint density at radius 2 is 2.11 bits per heavy atom. The van der Waals surface area contributed by atoms with E-state index in [4.69, 9.17) is 0 Å². The second-order valence-electron chi connectivity index (χ2n) is 3.93. The third-order valence-corrected chi connectivity index (χ3v) is 4.27. The highest BCUT2D eigenvalue weighted by atomic mass is 79.9. The zero-order chi connectivity index (χ0) is 13.0. The number of thiophene rings is 1. The molecule has 2 rings (SSSR count). The Morgan fingerprint density at radius 3 is 2.72 bits per heavy atom. The lowest BCUT2D eigenvalue weighted by Gasteiger charge is -2.26. The van der Waals surface area contributed by atoms with Crippen LogP contribution in [0.1, 0.15) is 4.88 Å². The molecule has 5 nitrogen and oxygen atoms in total. The summed E-state index contributed by atoms with van der Waals surface area (Å²) in [6.07, 6.45) is 0. The van der Waals surface area contributed by atoms with Gasteiger partial charge in [-0.15, -0.1) is 11.3 Å². The summed E-state index contributed by atoms with van der Waals surface area (Å²) in [6, 6.07) is 3.84. The molecule has 1 fully saturated rings. The van der Waals surface area contributed by atoms with Crippen molar-refractivity contribution < 1.29 is 9.59 Å². The lowest BCUT2D eigenvalue weighted by molar-refractivity contribution is -0.146. The third-order valence-electron chi connectivity index (χ3n) is 2.65. The van der Waals surface area contributed by atoms with Gasteiger partial charge in [0.05, 0.1) is 10.3 Å². The normalized spacial score (nSPS) is 15.5. The molecule has 18 heavy (non-hydrogen) atoms. The second kappa shape index (κ2) is 6.31. The molecule has 0 radical (unpaired) electrons. The first-order valence-corrected chi connectivity index (χ1v) is 7.30. The molecule has 1 aliphatic heterocycles. The Morgan fingerprint density at radius 1 is 1.39 bits per heavy atom. The summed E-state index contributed by atoms with van der Waals surface area (Å²) in [7, 11) is 0. The van der Waals surface area contributed by atoms with Crippen molar-refractivity contribution in [3.05, 3.63) is 20.8 Å². The third kappa shape index (κ3) is 3.54. The standard InChI is InChI=1S/C11H14BrN3O2S/c12-9-2-1-8(18-9)7-14-10(16)11(17)15-5-3-13-4-6-15/h1-2,13H,3-7H2,(H,14,16). The van der Waals surface area contributed by atoms with Gasteiger partial charge in [-0.1, -0.05) is 0 Å². The monoisotopic (exact) mass is 331 g/mol. The van der Waals surface area contributed by atoms with Crippen LogP contribution >= 0.6 is 27.3 Å². The highest BCUT2D eigenvalue weighted by Gasteiger charge is 2.22. The topological polar surface area (TPSA) is 61.4 Å². The number of nitrogens with one attached hydrogen (secondary N) is 2. The molecule has 1 aromatic heterocycles. The van der Waals surface area contributed by atoms with Gasteiger partial charge < -0.3 is 15.5 Å². The number of carbonyl (C=O) groups is 2. The van der Waals surface area contributed by atoms with Crippen LogP contribution in [-0.2, 0) is 16.1 Å². The van der Waals surface area contributed by atoms with Crippen LogP contribution in [0.5, 0.6) is 0 Å². The van der Waals surface area contributed by atoms with Crippen LogP contribution in [0.2, 0.25) is 0 Å². The van der Waals surface area contributed by atoms with Crippen LogP contribution in [0.4, 0.5) is 0 Å². The second-order valence-corrected chi connectivity index (χ2v) is 6.48. The van der Waals surface area contributed by atoms with Crippen LogP contribution in [0, 0.1) is 0 Å². The van der Waals surface area contributed by atoms with Gasteiger partial charge in [-0.2, -0.15) is 0 Å². The van der Waals surface area contributed by atoms with Gasteiger partial charge in [0.15, 0.2) is 0 Å². The fourth-order valence-corrected chi connectivity index (χ4v) is 3.12. The van der Waals surface area contributed by atoms with E-state index in [1.165, 1.54) is 0 Å². The highest BCUT2D eigenvalue weighted by molar-refractivity contribution is 9.11. The molecule has 0 aromatic carbocycles. The Hall–Kier alpha value is -0.920. The molecule has 0 bridgehead atoms. The van der Waals surface area contributed by atoms with Gasteiger partial charge in [0.2, 0.25) is 0 Å². The molecule has 0 unspecified atom stereocenters. The fourth-order valence-electron chi connectivity index (χ4n) is 1.70. The van der Waals surface area contributed by atoms with E-state index in [0.29, 0.717) is 19.6 Å². The van der Waals surface area contributed by atoms with E-state index in [-0.39, 0.29) is 0 Å². The van der Waals surface area contributed by atoms with Gasteiger partial charge in [-0.25, -0.2) is 0 Å². The molecule has 0 saturated carbocycles. The molecule has 2 N–H and O–H groups in total. The molecule has 0 aliphatic carbocycles. The van der Waals surface area contributed by atoms with Crippen molar-refractivity contribution in [2.75, 3.05) is 26.2 Å². The predicted octanol–water partition coefficient (Wildman–Crippen LogP) is 0.559. The van der Waals surface area contributed by atoms with Gasteiger partial charge in [0.1, 0.15) is 0 Å². The molecule has 1 aromatic rings. The Balaban J connectivity index is 1.81. The van der Waals surface area contributed by atoms with Crippen molar-refractivity contribution >= 4 is 39.1 Å². The molecule has 0 atom stereocenters. The van der Waals surface area contributed by atoms with Crippen molar-refractivity contribution in [3.8, 4) is 0 Å². The van der Waals surface area contributed by atoms with E-state index in [9.17, 15) is 9.59 Å². The van der Waals surface area contributed by atoms with Crippen molar-refractivity contribution in [2.24, 2.45) is 0 Å². The first-order chi connectivity index (χ1) is 8.66. The van der Waals surface area contributed by atoms with Crippen molar-refractivity contribution in [3.63, 3.8) is 0 Å². The average Bonchev–Trinajstić information content (AvgIpc) is 2.82. The van der Waals surface area contributed by atoms with E-state index in [2.05, 4.69) is 26.6 Å². The smallest absolute Gasteiger partial charge is 0.311 e. The summed E-state index contributed by atoms with van der Waals surface area (Å²) in [6.45, 7) is 3.08. The summed E-state index contributed by atoms with van der Waals surface area (Å²) in [5, 5.41) is 5.79. The van der Waals surface area contributed by atoms with Gasteiger partial charge in [0, 0.05) is 31.1 Å². The minimum atomic E-state index is -0.526. The Kier molecular flexibility index (Phi) is 4.73. The fraction of sp³-hybridized carbons (Fsp3) is 0.455. The minimum Gasteiger partial charge on any atom is -0.343 e. The van der Waals surface area contributed by atoms with Gasteiger partial charge in [0.25, 0.3) is 0 Å². The van der Waals surface area contributed by atoms with E-state index < -0.39 is 11.8 Å². The summed E-state index contributed by atoms with van der Waals surface area (Å²) in [5.41, 5.74) is 0. The van der Waals surface area contributed by atoms with Crippen LogP contribution in [0.3, 0.4) is 0 Å². The van der Waals surface area contributed by atoms with Crippen molar-refractivity contribution in [1.82, 2.24) is 15.5 Å². The quantitative estimate of drug-likeness (QED) is 0.778. The number of nitrogens with zero attached hydrogens (tertiary/aromatic N) is 1. The maximum atomic E-state index is 11.8. The van der Waals surface area contributed by atoms with Crippen molar-refractivity contribution in [1.29, 1.82) is 0 Å². The maximum absolute atomic E-state index is 11.8. The number of amides is 2. The molecule has 0 spiro atoms. The van der Waals surface area contributed by atoms with Gasteiger partial charge in [-0.05, 0) is 28.1 Å². The number of hydrogen-bond acceptors (Lipinski definition) is 4. The number of piperazine rings is 1.